The number of guanidine groups is 1. The van der Waals surface area contributed by atoms with Crippen molar-refractivity contribution in [3.63, 3.8) is 0 Å². The van der Waals surface area contributed by atoms with Crippen molar-refractivity contribution in [1.82, 2.24) is 0 Å². The number of allylic oxidation sites excluding steroid dienone is 1. The second kappa shape index (κ2) is 8.72. The maximum atomic E-state index is 11.4. The first-order valence-corrected chi connectivity index (χ1v) is 5.64. The van der Waals surface area contributed by atoms with Crippen LogP contribution in [-0.4, -0.2) is 40.7 Å². The molecule has 0 heterocycles. The molecule has 0 unspecified atom stereocenters. The quantitative estimate of drug-likeness (QED) is 0.283. The molecule has 0 amide bonds. The zero-order valence-corrected chi connectivity index (χ0v) is 9.95. The molecule has 0 aliphatic rings. The molecular formula is C10H17N4OS+. The van der Waals surface area contributed by atoms with Crippen LogP contribution < -0.4 is 11.5 Å². The molecule has 0 aromatic carbocycles. The molecule has 0 aliphatic carbocycles. The van der Waals surface area contributed by atoms with Crippen LogP contribution in [0.2, 0.25) is 0 Å². The number of carbonyl (C=O) groups excluding carboxylic acids is 1. The van der Waals surface area contributed by atoms with Crippen molar-refractivity contribution in [3.8, 4) is 0 Å². The normalized spacial score (nSPS) is 10.6. The van der Waals surface area contributed by atoms with Crippen LogP contribution >= 0.6 is 11.8 Å². The second-order valence-electron chi connectivity index (χ2n) is 2.77. The van der Waals surface area contributed by atoms with E-state index in [4.69, 9.17) is 11.5 Å². The summed E-state index contributed by atoms with van der Waals surface area (Å²) in [5.74, 6) is 0.608. The van der Waals surface area contributed by atoms with E-state index < -0.39 is 0 Å². The van der Waals surface area contributed by atoms with E-state index in [1.54, 1.807) is 23.1 Å². The van der Waals surface area contributed by atoms with E-state index in [0.29, 0.717) is 12.3 Å². The lowest BCUT2D eigenvalue weighted by atomic mass is 10.6. The van der Waals surface area contributed by atoms with Gasteiger partial charge in [0.15, 0.2) is 18.4 Å². The molecule has 16 heavy (non-hydrogen) atoms. The topological polar surface area (TPSA) is 84.5 Å². The summed E-state index contributed by atoms with van der Waals surface area (Å²) < 4.78 is 1.66. The minimum Gasteiger partial charge on any atom is -0.370 e. The number of aliphatic imine (C=N–C) groups is 1. The van der Waals surface area contributed by atoms with Gasteiger partial charge in [-0.15, -0.1) is 0 Å². The third-order valence-electron chi connectivity index (χ3n) is 1.49. The number of thioether (sulfide) groups is 1. The highest BCUT2D eigenvalue weighted by Gasteiger charge is 2.08. The highest BCUT2D eigenvalue weighted by Crippen LogP contribution is 2.01. The van der Waals surface area contributed by atoms with Gasteiger partial charge in [-0.3, -0.25) is 9.79 Å². The third-order valence-corrected chi connectivity index (χ3v) is 2.33. The Hall–Kier alpha value is -1.56. The van der Waals surface area contributed by atoms with Crippen LogP contribution in [0.3, 0.4) is 0 Å². The average molecular weight is 241 g/mol. The first kappa shape index (κ1) is 14.4. The molecule has 0 spiro atoms. The summed E-state index contributed by atoms with van der Waals surface area (Å²) in [6, 6.07) is 0. The summed E-state index contributed by atoms with van der Waals surface area (Å²) >= 11 is 1.19. The number of nitrogens with two attached hydrogens (primary N) is 2. The molecule has 0 saturated heterocycles. The van der Waals surface area contributed by atoms with Crippen LogP contribution in [0, 0.1) is 0 Å². The Morgan fingerprint density at radius 2 is 2.12 bits per heavy atom. The Labute approximate surface area is 99.6 Å². The SMILES string of the molecule is C=CC=[N+](C=C)CC(=O)SCCN=C(N)N. The zero-order valence-electron chi connectivity index (χ0n) is 9.13. The Kier molecular flexibility index (Phi) is 7.87. The van der Waals surface area contributed by atoms with E-state index in [1.165, 1.54) is 11.8 Å². The number of nitrogens with zero attached hydrogens (tertiary/aromatic N) is 2. The largest absolute Gasteiger partial charge is 0.370 e. The lowest BCUT2D eigenvalue weighted by Crippen LogP contribution is -2.23. The molecule has 88 valence electrons. The second-order valence-corrected chi connectivity index (χ2v) is 3.92. The van der Waals surface area contributed by atoms with E-state index in [1.807, 2.05) is 0 Å². The van der Waals surface area contributed by atoms with Gasteiger partial charge in [-0.25, -0.2) is 0 Å². The molecule has 0 aromatic rings. The van der Waals surface area contributed by atoms with Crippen LogP contribution in [0.25, 0.3) is 0 Å². The fraction of sp³-hybridized carbons (Fsp3) is 0.300. The summed E-state index contributed by atoms with van der Waals surface area (Å²) in [5, 5.41) is 0.0313. The Morgan fingerprint density at radius 1 is 1.44 bits per heavy atom. The zero-order chi connectivity index (χ0) is 12.4. The molecule has 0 aliphatic heterocycles. The van der Waals surface area contributed by atoms with Gasteiger partial charge in [-0.2, -0.15) is 4.58 Å². The molecule has 0 saturated carbocycles. The molecule has 0 atom stereocenters. The molecule has 0 bridgehead atoms. The van der Waals surface area contributed by atoms with Crippen molar-refractivity contribution >= 4 is 29.1 Å². The van der Waals surface area contributed by atoms with Crippen molar-refractivity contribution in [2.75, 3.05) is 18.8 Å². The van der Waals surface area contributed by atoms with Gasteiger partial charge in [-0.05, 0) is 12.7 Å². The van der Waals surface area contributed by atoms with Crippen molar-refractivity contribution in [2.24, 2.45) is 16.5 Å². The maximum absolute atomic E-state index is 11.4. The Morgan fingerprint density at radius 3 is 2.62 bits per heavy atom. The maximum Gasteiger partial charge on any atom is 0.253 e. The van der Waals surface area contributed by atoms with Crippen molar-refractivity contribution in [2.45, 2.75) is 0 Å². The molecule has 0 radical (unpaired) electrons. The first-order chi connectivity index (χ1) is 7.60. The summed E-state index contributed by atoms with van der Waals surface area (Å²) in [6.45, 7) is 7.83. The van der Waals surface area contributed by atoms with Crippen LogP contribution in [0.15, 0.2) is 30.4 Å². The van der Waals surface area contributed by atoms with Gasteiger partial charge in [0, 0.05) is 5.75 Å². The molecular weight excluding hydrogens is 224 g/mol. The van der Waals surface area contributed by atoms with Crippen molar-refractivity contribution in [3.05, 3.63) is 25.4 Å². The molecule has 6 heteroatoms. The highest BCUT2D eigenvalue weighted by molar-refractivity contribution is 8.13. The van der Waals surface area contributed by atoms with Crippen LogP contribution in [0.1, 0.15) is 0 Å². The van der Waals surface area contributed by atoms with Crippen molar-refractivity contribution in [1.29, 1.82) is 0 Å². The fourth-order valence-corrected chi connectivity index (χ4v) is 1.49. The van der Waals surface area contributed by atoms with E-state index in [2.05, 4.69) is 18.2 Å². The number of rotatable bonds is 7. The Balaban J connectivity index is 3.90. The smallest absolute Gasteiger partial charge is 0.253 e. The summed E-state index contributed by atoms with van der Waals surface area (Å²) in [6.07, 6.45) is 4.84. The molecule has 5 nitrogen and oxygen atoms in total. The van der Waals surface area contributed by atoms with Gasteiger partial charge in [0.1, 0.15) is 0 Å². The monoisotopic (exact) mass is 241 g/mol. The van der Waals surface area contributed by atoms with Gasteiger partial charge < -0.3 is 11.5 Å². The first-order valence-electron chi connectivity index (χ1n) is 4.65. The highest BCUT2D eigenvalue weighted by atomic mass is 32.2. The standard InChI is InChI=1S/C10H17N4OS/c1-3-6-14(4-2)8-9(15)16-7-5-13-10(11)12/h3-4,6H,1-2,5,7-8H2,(H4,11,12,13)/q+1. The minimum absolute atomic E-state index is 0.0313. The molecule has 0 rings (SSSR count). The Bertz CT molecular complexity index is 319. The van der Waals surface area contributed by atoms with Gasteiger partial charge in [-0.1, -0.05) is 18.3 Å². The van der Waals surface area contributed by atoms with E-state index in [-0.39, 0.29) is 17.6 Å². The average Bonchev–Trinajstić information content (AvgIpc) is 2.23. The molecule has 0 fully saturated rings. The van der Waals surface area contributed by atoms with Crippen LogP contribution in [0.4, 0.5) is 0 Å². The lowest BCUT2D eigenvalue weighted by Gasteiger charge is -1.97. The van der Waals surface area contributed by atoms with Gasteiger partial charge in [0.2, 0.25) is 6.54 Å². The lowest BCUT2D eigenvalue weighted by molar-refractivity contribution is -0.436. The predicted octanol–water partition coefficient (Wildman–Crippen LogP) is -0.0676. The summed E-state index contributed by atoms with van der Waals surface area (Å²) in [5.41, 5.74) is 10.3. The van der Waals surface area contributed by atoms with Crippen LogP contribution in [-0.2, 0) is 4.79 Å². The van der Waals surface area contributed by atoms with Crippen molar-refractivity contribution < 1.29 is 9.37 Å². The summed E-state index contributed by atoms with van der Waals surface area (Å²) in [4.78, 5) is 15.2. The number of carbonyl (C=O) groups is 1. The number of hydrogen-bond acceptors (Lipinski definition) is 3. The number of hydrogen-bond donors (Lipinski definition) is 2. The molecule has 4 N–H and O–H groups in total. The fourth-order valence-electron chi connectivity index (χ4n) is 0.842. The van der Waals surface area contributed by atoms with E-state index in [9.17, 15) is 4.79 Å². The molecule has 0 aromatic heterocycles. The third kappa shape index (κ3) is 7.81. The predicted molar refractivity (Wildman–Crippen MR) is 69.7 cm³/mol. The van der Waals surface area contributed by atoms with E-state index >= 15 is 0 Å². The van der Waals surface area contributed by atoms with Gasteiger partial charge in [0.25, 0.3) is 5.12 Å². The van der Waals surface area contributed by atoms with E-state index in [0.717, 1.165) is 0 Å². The minimum atomic E-state index is 0.0313. The summed E-state index contributed by atoms with van der Waals surface area (Å²) in [7, 11) is 0. The van der Waals surface area contributed by atoms with Gasteiger partial charge >= 0.3 is 0 Å². The van der Waals surface area contributed by atoms with Gasteiger partial charge in [0.05, 0.1) is 6.54 Å². The van der Waals surface area contributed by atoms with Crippen LogP contribution in [0.5, 0.6) is 0 Å².